The maximum atomic E-state index is 12.6. The fraction of sp³-hybridized carbons (Fsp3) is 0.615. The molecule has 1 aliphatic carbocycles. The fourth-order valence-corrected chi connectivity index (χ4v) is 2.19. The second-order valence-electron chi connectivity index (χ2n) is 5.02. The Morgan fingerprint density at radius 3 is 2.58 bits per heavy atom. The lowest BCUT2D eigenvalue weighted by Crippen LogP contribution is -2.45. The van der Waals surface area contributed by atoms with Crippen LogP contribution >= 0.6 is 0 Å². The molecule has 2 rings (SSSR count). The largest absolute Gasteiger partial charge is 0.469 e. The van der Waals surface area contributed by atoms with Gasteiger partial charge in [0.2, 0.25) is 0 Å². The zero-order valence-electron chi connectivity index (χ0n) is 10.8. The van der Waals surface area contributed by atoms with Gasteiger partial charge in [-0.05, 0) is 38.7 Å². The van der Waals surface area contributed by atoms with Gasteiger partial charge in [-0.2, -0.15) is 13.2 Å². The molecule has 106 valence electrons. The fourth-order valence-electron chi connectivity index (χ4n) is 2.19. The number of aryl methyl sites for hydroxylation is 1. The van der Waals surface area contributed by atoms with Crippen LogP contribution in [-0.2, 0) is 0 Å². The maximum Gasteiger partial charge on any atom is 0.406 e. The van der Waals surface area contributed by atoms with Gasteiger partial charge >= 0.3 is 6.18 Å². The zero-order valence-corrected chi connectivity index (χ0v) is 10.8. The molecular weight excluding hydrogens is 259 g/mol. The predicted molar refractivity (Wildman–Crippen MR) is 62.7 cm³/mol. The van der Waals surface area contributed by atoms with E-state index in [4.69, 9.17) is 4.42 Å². The van der Waals surface area contributed by atoms with Crippen molar-refractivity contribution in [3.05, 3.63) is 23.7 Å². The van der Waals surface area contributed by atoms with Crippen LogP contribution in [0.5, 0.6) is 0 Å². The number of carbonyl (C=O) groups is 1. The van der Waals surface area contributed by atoms with E-state index >= 15 is 0 Å². The Hall–Kier alpha value is -1.46. The molecule has 0 bridgehead atoms. The normalized spacial score (nSPS) is 17.3. The molecule has 0 aromatic carbocycles. The van der Waals surface area contributed by atoms with Gasteiger partial charge in [-0.3, -0.25) is 4.79 Å². The van der Waals surface area contributed by atoms with Crippen LogP contribution in [0.15, 0.2) is 16.7 Å². The van der Waals surface area contributed by atoms with Gasteiger partial charge in [0.15, 0.2) is 0 Å². The quantitative estimate of drug-likeness (QED) is 0.844. The monoisotopic (exact) mass is 275 g/mol. The number of hydrogen-bond acceptors (Lipinski definition) is 2. The van der Waals surface area contributed by atoms with Crippen molar-refractivity contribution in [2.45, 2.75) is 38.9 Å². The molecule has 0 saturated heterocycles. The molecule has 1 atom stereocenters. The van der Waals surface area contributed by atoms with E-state index in [0.717, 1.165) is 17.7 Å². The van der Waals surface area contributed by atoms with Crippen molar-refractivity contribution in [1.82, 2.24) is 4.90 Å². The lowest BCUT2D eigenvalue weighted by molar-refractivity contribution is -0.144. The smallest absolute Gasteiger partial charge is 0.406 e. The summed E-state index contributed by atoms with van der Waals surface area (Å²) in [4.78, 5) is 13.2. The molecule has 1 unspecified atom stereocenters. The van der Waals surface area contributed by atoms with E-state index in [-0.39, 0.29) is 11.5 Å². The third kappa shape index (κ3) is 3.30. The summed E-state index contributed by atoms with van der Waals surface area (Å²) in [7, 11) is 0. The van der Waals surface area contributed by atoms with Crippen molar-refractivity contribution in [3.63, 3.8) is 0 Å². The standard InChI is InChI=1S/C13H16F3NO2/c1-8(10-3-4-10)17(7-13(14,15)16)12(18)11-5-6-19-9(11)2/h5-6,8,10H,3-4,7H2,1-2H3. The Kier molecular flexibility index (Phi) is 3.60. The first kappa shape index (κ1) is 14.0. The van der Waals surface area contributed by atoms with Gasteiger partial charge in [-0.1, -0.05) is 0 Å². The summed E-state index contributed by atoms with van der Waals surface area (Å²) in [5.74, 6) is -0.0818. The molecule has 0 N–H and O–H groups in total. The van der Waals surface area contributed by atoms with Gasteiger partial charge in [0.05, 0.1) is 11.8 Å². The van der Waals surface area contributed by atoms with Crippen LogP contribution in [0.3, 0.4) is 0 Å². The molecular formula is C13H16F3NO2. The number of halogens is 3. The first-order valence-corrected chi connectivity index (χ1v) is 6.21. The van der Waals surface area contributed by atoms with Crippen LogP contribution in [0, 0.1) is 12.8 Å². The third-order valence-corrected chi connectivity index (χ3v) is 3.50. The summed E-state index contributed by atoms with van der Waals surface area (Å²) < 4.78 is 42.9. The number of alkyl halides is 3. The van der Waals surface area contributed by atoms with Gasteiger partial charge in [-0.25, -0.2) is 0 Å². The summed E-state index contributed by atoms with van der Waals surface area (Å²) in [6, 6.07) is 1.02. The van der Waals surface area contributed by atoms with E-state index in [1.165, 1.54) is 12.3 Å². The molecule has 3 nitrogen and oxygen atoms in total. The van der Waals surface area contributed by atoms with E-state index in [1.54, 1.807) is 13.8 Å². The van der Waals surface area contributed by atoms with E-state index < -0.39 is 24.7 Å². The van der Waals surface area contributed by atoms with Gasteiger partial charge < -0.3 is 9.32 Å². The number of amides is 1. The molecule has 6 heteroatoms. The first-order chi connectivity index (χ1) is 8.79. The summed E-state index contributed by atoms with van der Waals surface area (Å²) in [5, 5.41) is 0. The minimum Gasteiger partial charge on any atom is -0.469 e. The number of hydrogen-bond donors (Lipinski definition) is 0. The lowest BCUT2D eigenvalue weighted by Gasteiger charge is -2.30. The Morgan fingerprint density at radius 1 is 1.53 bits per heavy atom. The van der Waals surface area contributed by atoms with E-state index in [9.17, 15) is 18.0 Å². The van der Waals surface area contributed by atoms with Crippen LogP contribution in [0.4, 0.5) is 13.2 Å². The van der Waals surface area contributed by atoms with Gasteiger partial charge in [0, 0.05) is 6.04 Å². The molecule has 1 heterocycles. The summed E-state index contributed by atoms with van der Waals surface area (Å²) >= 11 is 0. The van der Waals surface area contributed by atoms with Gasteiger partial charge in [-0.15, -0.1) is 0 Å². The molecule has 0 spiro atoms. The van der Waals surface area contributed by atoms with Crippen LogP contribution in [0.25, 0.3) is 0 Å². The van der Waals surface area contributed by atoms with E-state index in [1.807, 2.05) is 0 Å². The lowest BCUT2D eigenvalue weighted by atomic mass is 10.1. The third-order valence-electron chi connectivity index (χ3n) is 3.50. The first-order valence-electron chi connectivity index (χ1n) is 6.21. The second kappa shape index (κ2) is 4.90. The van der Waals surface area contributed by atoms with Crippen molar-refractivity contribution in [1.29, 1.82) is 0 Å². The van der Waals surface area contributed by atoms with E-state index in [2.05, 4.69) is 0 Å². The molecule has 0 radical (unpaired) electrons. The van der Waals surface area contributed by atoms with Crippen LogP contribution < -0.4 is 0 Å². The molecule has 1 amide bonds. The topological polar surface area (TPSA) is 33.5 Å². The molecule has 1 aromatic rings. The molecule has 19 heavy (non-hydrogen) atoms. The average Bonchev–Trinajstić information content (AvgIpc) is 3.06. The highest BCUT2D eigenvalue weighted by Crippen LogP contribution is 2.36. The SMILES string of the molecule is Cc1occc1C(=O)N(CC(F)(F)F)C(C)C1CC1. The highest BCUT2D eigenvalue weighted by Gasteiger charge is 2.41. The number of nitrogens with zero attached hydrogens (tertiary/aromatic N) is 1. The maximum absolute atomic E-state index is 12.6. The Balaban J connectivity index is 2.21. The van der Waals surface area contributed by atoms with Crippen molar-refractivity contribution in [2.75, 3.05) is 6.54 Å². The summed E-state index contributed by atoms with van der Waals surface area (Å²) in [6.45, 7) is 2.03. The highest BCUT2D eigenvalue weighted by atomic mass is 19.4. The number of furan rings is 1. The summed E-state index contributed by atoms with van der Waals surface area (Å²) in [5.41, 5.74) is 0.205. The molecule has 1 aliphatic rings. The minimum absolute atomic E-state index is 0.179. The zero-order chi connectivity index (χ0) is 14.2. The molecule has 0 aliphatic heterocycles. The molecule has 1 saturated carbocycles. The molecule has 1 fully saturated rings. The number of rotatable bonds is 4. The molecule has 1 aromatic heterocycles. The van der Waals surface area contributed by atoms with Crippen LogP contribution in [0.2, 0.25) is 0 Å². The predicted octanol–water partition coefficient (Wildman–Crippen LogP) is 3.39. The second-order valence-corrected chi connectivity index (χ2v) is 5.02. The van der Waals surface area contributed by atoms with Crippen molar-refractivity contribution >= 4 is 5.91 Å². The van der Waals surface area contributed by atoms with Crippen LogP contribution in [-0.4, -0.2) is 29.6 Å². The Bertz CT molecular complexity index is 463. The Labute approximate surface area is 109 Å². The number of carbonyl (C=O) groups excluding carboxylic acids is 1. The van der Waals surface area contributed by atoms with E-state index in [0.29, 0.717) is 5.76 Å². The van der Waals surface area contributed by atoms with Crippen LogP contribution in [0.1, 0.15) is 35.9 Å². The average molecular weight is 275 g/mol. The van der Waals surface area contributed by atoms with Crippen molar-refractivity contribution in [3.8, 4) is 0 Å². The summed E-state index contributed by atoms with van der Waals surface area (Å²) in [6.07, 6.45) is -1.31. The van der Waals surface area contributed by atoms with Gasteiger partial charge in [0.1, 0.15) is 12.3 Å². The van der Waals surface area contributed by atoms with Gasteiger partial charge in [0.25, 0.3) is 5.91 Å². The Morgan fingerprint density at radius 2 is 2.16 bits per heavy atom. The van der Waals surface area contributed by atoms with Crippen molar-refractivity contribution in [2.24, 2.45) is 5.92 Å². The minimum atomic E-state index is -4.39. The van der Waals surface area contributed by atoms with Crippen molar-refractivity contribution < 1.29 is 22.4 Å². The highest BCUT2D eigenvalue weighted by molar-refractivity contribution is 5.95.